The van der Waals surface area contributed by atoms with E-state index < -0.39 is 0 Å². The maximum Gasteiger partial charge on any atom is 0.123 e. The summed E-state index contributed by atoms with van der Waals surface area (Å²) in [5.74, 6) is 1.66. The first kappa shape index (κ1) is 13.2. The Kier molecular flexibility index (Phi) is 3.81. The van der Waals surface area contributed by atoms with Crippen LogP contribution in [0.15, 0.2) is 24.3 Å². The second kappa shape index (κ2) is 5.19. The van der Waals surface area contributed by atoms with Gasteiger partial charge in [-0.3, -0.25) is 0 Å². The van der Waals surface area contributed by atoms with Gasteiger partial charge in [-0.15, -0.1) is 0 Å². The average Bonchev–Trinajstić information content (AvgIpc) is 2.34. The highest BCUT2D eigenvalue weighted by atomic mass is 16.5. The Labute approximate surface area is 109 Å². The van der Waals surface area contributed by atoms with Crippen molar-refractivity contribution in [3.63, 3.8) is 0 Å². The van der Waals surface area contributed by atoms with Gasteiger partial charge in [0, 0.05) is 12.1 Å². The van der Waals surface area contributed by atoms with Crippen molar-refractivity contribution in [2.45, 2.75) is 45.3 Å². The lowest BCUT2D eigenvalue weighted by Crippen LogP contribution is -2.46. The predicted octanol–water partition coefficient (Wildman–Crippen LogP) is 2.98. The summed E-state index contributed by atoms with van der Waals surface area (Å²) in [6.45, 7) is 4.56. The molecular weight excluding hydrogens is 226 g/mol. The summed E-state index contributed by atoms with van der Waals surface area (Å²) in [5, 5.41) is 0. The summed E-state index contributed by atoms with van der Waals surface area (Å²) in [6.07, 6.45) is 3.31. The molecule has 2 atom stereocenters. The van der Waals surface area contributed by atoms with E-state index in [9.17, 15) is 0 Å². The summed E-state index contributed by atoms with van der Waals surface area (Å²) in [6, 6.07) is 7.85. The van der Waals surface area contributed by atoms with Crippen LogP contribution in [0.1, 0.15) is 33.1 Å². The molecule has 0 aromatic heterocycles. The fourth-order valence-electron chi connectivity index (χ4n) is 2.52. The number of benzene rings is 1. The molecular formula is C15H23NO2. The highest BCUT2D eigenvalue weighted by molar-refractivity contribution is 5.33. The number of hydrogen-bond acceptors (Lipinski definition) is 3. The Morgan fingerprint density at radius 2 is 2.00 bits per heavy atom. The molecule has 3 nitrogen and oxygen atoms in total. The molecule has 1 aliphatic rings. The van der Waals surface area contributed by atoms with E-state index in [1.54, 1.807) is 7.11 Å². The van der Waals surface area contributed by atoms with Crippen LogP contribution in [0.5, 0.6) is 11.5 Å². The average molecular weight is 249 g/mol. The zero-order chi connectivity index (χ0) is 13.2. The number of ether oxygens (including phenoxy) is 2. The maximum absolute atomic E-state index is 6.16. The van der Waals surface area contributed by atoms with Gasteiger partial charge in [0.05, 0.1) is 7.11 Å². The van der Waals surface area contributed by atoms with Crippen molar-refractivity contribution in [2.75, 3.05) is 7.11 Å². The van der Waals surface area contributed by atoms with E-state index in [1.807, 2.05) is 24.3 Å². The van der Waals surface area contributed by atoms with Crippen molar-refractivity contribution >= 4 is 0 Å². The first-order chi connectivity index (χ1) is 8.50. The fourth-order valence-corrected chi connectivity index (χ4v) is 2.52. The van der Waals surface area contributed by atoms with Crippen LogP contribution in [-0.2, 0) is 0 Å². The number of rotatable bonds is 3. The van der Waals surface area contributed by atoms with Gasteiger partial charge in [0.2, 0.25) is 0 Å². The molecule has 1 aromatic rings. The molecule has 1 saturated carbocycles. The van der Waals surface area contributed by atoms with Gasteiger partial charge in [-0.25, -0.2) is 0 Å². The summed E-state index contributed by atoms with van der Waals surface area (Å²) in [7, 11) is 1.66. The zero-order valence-electron chi connectivity index (χ0n) is 11.5. The Morgan fingerprint density at radius 3 is 2.72 bits per heavy atom. The van der Waals surface area contributed by atoms with E-state index in [-0.39, 0.29) is 12.1 Å². The minimum Gasteiger partial charge on any atom is -0.497 e. The Bertz CT molecular complexity index is 403. The van der Waals surface area contributed by atoms with Gasteiger partial charge >= 0.3 is 0 Å². The van der Waals surface area contributed by atoms with E-state index in [1.165, 1.54) is 6.42 Å². The van der Waals surface area contributed by atoms with E-state index in [0.29, 0.717) is 5.41 Å². The topological polar surface area (TPSA) is 44.5 Å². The van der Waals surface area contributed by atoms with Crippen LogP contribution < -0.4 is 15.2 Å². The lowest BCUT2D eigenvalue weighted by molar-refractivity contribution is 0.0667. The first-order valence-corrected chi connectivity index (χ1v) is 6.56. The highest BCUT2D eigenvalue weighted by Crippen LogP contribution is 2.36. The minimum absolute atomic E-state index is 0.0980. The van der Waals surface area contributed by atoms with Crippen LogP contribution in [0.4, 0.5) is 0 Å². The molecule has 18 heavy (non-hydrogen) atoms. The second-order valence-corrected chi connectivity index (χ2v) is 5.91. The minimum atomic E-state index is 0.0980. The molecule has 0 radical (unpaired) electrons. The predicted molar refractivity (Wildman–Crippen MR) is 73.0 cm³/mol. The molecule has 0 bridgehead atoms. The fraction of sp³-hybridized carbons (Fsp3) is 0.600. The maximum atomic E-state index is 6.16. The summed E-state index contributed by atoms with van der Waals surface area (Å²) in [4.78, 5) is 0. The lowest BCUT2D eigenvalue weighted by atomic mass is 9.74. The Hall–Kier alpha value is -1.22. The molecule has 1 aromatic carbocycles. The number of nitrogens with two attached hydrogens (primary N) is 1. The smallest absolute Gasteiger partial charge is 0.123 e. The summed E-state index contributed by atoms with van der Waals surface area (Å²) >= 11 is 0. The van der Waals surface area contributed by atoms with E-state index in [2.05, 4.69) is 13.8 Å². The normalized spacial score (nSPS) is 26.7. The monoisotopic (exact) mass is 249 g/mol. The molecule has 2 rings (SSSR count). The molecule has 0 aliphatic heterocycles. The van der Waals surface area contributed by atoms with E-state index in [4.69, 9.17) is 15.2 Å². The van der Waals surface area contributed by atoms with Crippen molar-refractivity contribution < 1.29 is 9.47 Å². The van der Waals surface area contributed by atoms with Gasteiger partial charge < -0.3 is 15.2 Å². The van der Waals surface area contributed by atoms with E-state index >= 15 is 0 Å². The third-order valence-electron chi connectivity index (χ3n) is 3.71. The molecule has 0 saturated heterocycles. The van der Waals surface area contributed by atoms with Crippen LogP contribution in [0.2, 0.25) is 0 Å². The summed E-state index contributed by atoms with van der Waals surface area (Å²) in [5.41, 5.74) is 6.48. The molecule has 1 fully saturated rings. The Morgan fingerprint density at radius 1 is 1.28 bits per heavy atom. The second-order valence-electron chi connectivity index (χ2n) is 5.91. The van der Waals surface area contributed by atoms with Crippen molar-refractivity contribution in [1.29, 1.82) is 0 Å². The van der Waals surface area contributed by atoms with Crippen molar-refractivity contribution in [1.82, 2.24) is 0 Å². The van der Waals surface area contributed by atoms with Gasteiger partial charge in [-0.2, -0.15) is 0 Å². The van der Waals surface area contributed by atoms with Crippen molar-refractivity contribution in [3.05, 3.63) is 24.3 Å². The molecule has 0 heterocycles. The van der Waals surface area contributed by atoms with Crippen LogP contribution in [0, 0.1) is 5.41 Å². The molecule has 1 aliphatic carbocycles. The molecule has 0 spiro atoms. The van der Waals surface area contributed by atoms with Gasteiger partial charge in [-0.1, -0.05) is 19.9 Å². The lowest BCUT2D eigenvalue weighted by Gasteiger charge is -2.39. The van der Waals surface area contributed by atoms with Gasteiger partial charge in [0.1, 0.15) is 17.6 Å². The number of hydrogen-bond donors (Lipinski definition) is 1. The standard InChI is InChI=1S/C15H23NO2/c1-15(2)8-7-13(16)14(10-15)18-12-6-4-5-11(9-12)17-3/h4-6,9,13-14H,7-8,10,16H2,1-3H3. The van der Waals surface area contributed by atoms with Gasteiger partial charge in [-0.05, 0) is 36.8 Å². The Balaban J connectivity index is 2.07. The van der Waals surface area contributed by atoms with Crippen LogP contribution in [0.3, 0.4) is 0 Å². The van der Waals surface area contributed by atoms with Gasteiger partial charge in [0.25, 0.3) is 0 Å². The molecule has 0 amide bonds. The quantitative estimate of drug-likeness (QED) is 0.895. The largest absolute Gasteiger partial charge is 0.497 e. The van der Waals surface area contributed by atoms with Crippen LogP contribution in [-0.4, -0.2) is 19.3 Å². The van der Waals surface area contributed by atoms with Crippen molar-refractivity contribution in [2.24, 2.45) is 11.1 Å². The SMILES string of the molecule is COc1cccc(OC2CC(C)(C)CCC2N)c1. The highest BCUT2D eigenvalue weighted by Gasteiger charge is 2.34. The third kappa shape index (κ3) is 3.16. The first-order valence-electron chi connectivity index (χ1n) is 6.56. The zero-order valence-corrected chi connectivity index (χ0v) is 11.5. The van der Waals surface area contributed by atoms with Crippen molar-refractivity contribution in [3.8, 4) is 11.5 Å². The molecule has 2 N–H and O–H groups in total. The molecule has 100 valence electrons. The van der Waals surface area contributed by atoms with E-state index in [0.717, 1.165) is 24.3 Å². The molecule has 2 unspecified atom stereocenters. The van der Waals surface area contributed by atoms with Crippen LogP contribution in [0.25, 0.3) is 0 Å². The summed E-state index contributed by atoms with van der Waals surface area (Å²) < 4.78 is 11.2. The third-order valence-corrected chi connectivity index (χ3v) is 3.71. The van der Waals surface area contributed by atoms with Crippen LogP contribution >= 0.6 is 0 Å². The molecule has 3 heteroatoms. The number of methoxy groups -OCH3 is 1. The van der Waals surface area contributed by atoms with Gasteiger partial charge in [0.15, 0.2) is 0 Å².